The summed E-state index contributed by atoms with van der Waals surface area (Å²) in [7, 11) is 0. The second-order valence-corrected chi connectivity index (χ2v) is 7.99. The van der Waals surface area contributed by atoms with Crippen molar-refractivity contribution in [2.45, 2.75) is 6.18 Å². The SMILES string of the molecule is NC(=O)c1c(-c2ccc(Oc3ccnc(N)c3I)c(F)c2)nn(-c2ncccc2F)c1C(F)(F)F. The molecule has 4 rings (SSSR count). The van der Waals surface area contributed by atoms with Gasteiger partial charge in [0.05, 0.1) is 9.13 Å². The van der Waals surface area contributed by atoms with Crippen LogP contribution in [0.15, 0.2) is 48.8 Å². The zero-order chi connectivity index (χ0) is 25.5. The monoisotopic (exact) mass is 602 g/mol. The van der Waals surface area contributed by atoms with Crippen molar-refractivity contribution >= 4 is 34.3 Å². The summed E-state index contributed by atoms with van der Waals surface area (Å²) in [6.45, 7) is 0. The molecule has 0 spiro atoms. The Balaban J connectivity index is 1.87. The summed E-state index contributed by atoms with van der Waals surface area (Å²) in [5.74, 6) is -4.39. The Bertz CT molecular complexity index is 1460. The first kappa shape index (κ1) is 24.3. The number of nitrogens with two attached hydrogens (primary N) is 2. The summed E-state index contributed by atoms with van der Waals surface area (Å²) in [6.07, 6.45) is -2.79. The van der Waals surface area contributed by atoms with Crippen molar-refractivity contribution in [1.29, 1.82) is 0 Å². The molecular formula is C21H12F5IN6O2. The Labute approximate surface area is 206 Å². The molecule has 0 aliphatic heterocycles. The number of hydrogen-bond donors (Lipinski definition) is 2. The summed E-state index contributed by atoms with van der Waals surface area (Å²) in [5, 5.41) is 3.74. The molecule has 0 bridgehead atoms. The second-order valence-electron chi connectivity index (χ2n) is 6.91. The maximum Gasteiger partial charge on any atom is 0.434 e. The van der Waals surface area contributed by atoms with E-state index in [0.29, 0.717) is 3.57 Å². The van der Waals surface area contributed by atoms with Crippen molar-refractivity contribution in [1.82, 2.24) is 19.7 Å². The highest BCUT2D eigenvalue weighted by Crippen LogP contribution is 2.39. The molecule has 0 radical (unpaired) electrons. The second kappa shape index (κ2) is 9.09. The van der Waals surface area contributed by atoms with Crippen molar-refractivity contribution in [2.75, 3.05) is 5.73 Å². The Morgan fingerprint density at radius 1 is 1.03 bits per heavy atom. The van der Waals surface area contributed by atoms with Gasteiger partial charge in [-0.2, -0.15) is 18.3 Å². The number of hydrogen-bond acceptors (Lipinski definition) is 6. The summed E-state index contributed by atoms with van der Waals surface area (Å²) in [4.78, 5) is 19.5. The van der Waals surface area contributed by atoms with E-state index in [9.17, 15) is 26.7 Å². The van der Waals surface area contributed by atoms with E-state index in [-0.39, 0.29) is 27.6 Å². The van der Waals surface area contributed by atoms with Gasteiger partial charge in [0.1, 0.15) is 17.3 Å². The third-order valence-corrected chi connectivity index (χ3v) is 5.73. The molecule has 1 amide bonds. The van der Waals surface area contributed by atoms with E-state index >= 15 is 0 Å². The van der Waals surface area contributed by atoms with Gasteiger partial charge in [0.15, 0.2) is 28.9 Å². The number of carbonyl (C=O) groups excluding carboxylic acids is 1. The van der Waals surface area contributed by atoms with Crippen LogP contribution in [-0.2, 0) is 6.18 Å². The van der Waals surface area contributed by atoms with Gasteiger partial charge in [-0.05, 0) is 52.9 Å². The number of aromatic nitrogens is 4. The van der Waals surface area contributed by atoms with E-state index < -0.39 is 46.5 Å². The predicted octanol–water partition coefficient (Wildman–Crippen LogP) is 4.70. The van der Waals surface area contributed by atoms with E-state index in [1.54, 1.807) is 0 Å². The molecule has 1 aromatic carbocycles. The Morgan fingerprint density at radius 2 is 1.77 bits per heavy atom. The molecule has 14 heteroatoms. The van der Waals surface area contributed by atoms with E-state index in [4.69, 9.17) is 16.2 Å². The number of anilines is 1. The Hall–Kier alpha value is -3.82. The lowest BCUT2D eigenvalue weighted by molar-refractivity contribution is -0.143. The van der Waals surface area contributed by atoms with Crippen LogP contribution in [0.4, 0.5) is 27.8 Å². The van der Waals surface area contributed by atoms with Crippen LogP contribution in [0.5, 0.6) is 11.5 Å². The van der Waals surface area contributed by atoms with Crippen LogP contribution in [0.25, 0.3) is 17.1 Å². The molecular weight excluding hydrogens is 590 g/mol. The summed E-state index contributed by atoms with van der Waals surface area (Å²) in [5.41, 5.74) is 7.34. The molecule has 0 aliphatic carbocycles. The molecule has 3 aromatic heterocycles. The number of primary amides is 1. The van der Waals surface area contributed by atoms with Gasteiger partial charge in [-0.15, -0.1) is 0 Å². The van der Waals surface area contributed by atoms with Crippen molar-refractivity contribution < 1.29 is 31.5 Å². The first-order valence-corrected chi connectivity index (χ1v) is 10.6. The average molecular weight is 602 g/mol. The van der Waals surface area contributed by atoms with Gasteiger partial charge >= 0.3 is 6.18 Å². The fourth-order valence-electron chi connectivity index (χ4n) is 3.17. The van der Waals surface area contributed by atoms with Crippen LogP contribution in [-0.4, -0.2) is 25.7 Å². The van der Waals surface area contributed by atoms with Crippen molar-refractivity contribution in [3.63, 3.8) is 0 Å². The molecule has 0 aliphatic rings. The number of amides is 1. The van der Waals surface area contributed by atoms with E-state index in [0.717, 1.165) is 30.5 Å². The van der Waals surface area contributed by atoms with Crippen LogP contribution in [0.1, 0.15) is 16.1 Å². The van der Waals surface area contributed by atoms with E-state index in [1.165, 1.54) is 18.3 Å². The molecule has 35 heavy (non-hydrogen) atoms. The molecule has 4 aromatic rings. The van der Waals surface area contributed by atoms with Gasteiger partial charge in [-0.25, -0.2) is 23.4 Å². The van der Waals surface area contributed by atoms with Crippen LogP contribution >= 0.6 is 22.6 Å². The Kier molecular flexibility index (Phi) is 6.31. The molecule has 3 heterocycles. The molecule has 0 saturated heterocycles. The fourth-order valence-corrected chi connectivity index (χ4v) is 3.60. The highest BCUT2D eigenvalue weighted by Gasteiger charge is 2.43. The van der Waals surface area contributed by atoms with Gasteiger partial charge in [-0.3, -0.25) is 4.79 Å². The minimum atomic E-state index is -5.18. The highest BCUT2D eigenvalue weighted by molar-refractivity contribution is 14.1. The topological polar surface area (TPSA) is 122 Å². The number of rotatable bonds is 5. The first-order chi connectivity index (χ1) is 16.5. The fraction of sp³-hybridized carbons (Fsp3) is 0.0476. The molecule has 8 nitrogen and oxygen atoms in total. The number of nitrogens with zero attached hydrogens (tertiary/aromatic N) is 4. The number of nitrogen functional groups attached to an aromatic ring is 1. The van der Waals surface area contributed by atoms with Crippen LogP contribution in [0, 0.1) is 15.2 Å². The van der Waals surface area contributed by atoms with Crippen molar-refractivity contribution in [2.24, 2.45) is 5.73 Å². The molecule has 0 saturated carbocycles. The maximum atomic E-state index is 14.9. The average Bonchev–Trinajstić information content (AvgIpc) is 3.20. The molecule has 4 N–H and O–H groups in total. The largest absolute Gasteiger partial charge is 0.453 e. The minimum absolute atomic E-state index is 0.120. The molecule has 0 atom stereocenters. The van der Waals surface area contributed by atoms with Crippen LogP contribution in [0.2, 0.25) is 0 Å². The zero-order valence-corrected chi connectivity index (χ0v) is 19.3. The lowest BCUT2D eigenvalue weighted by Gasteiger charge is -2.11. The van der Waals surface area contributed by atoms with Gasteiger partial charge in [-0.1, -0.05) is 0 Å². The van der Waals surface area contributed by atoms with Gasteiger partial charge in [0.25, 0.3) is 5.91 Å². The predicted molar refractivity (Wildman–Crippen MR) is 122 cm³/mol. The maximum absolute atomic E-state index is 14.9. The number of alkyl halides is 3. The smallest absolute Gasteiger partial charge is 0.434 e. The normalized spacial score (nSPS) is 11.5. The number of ether oxygens (including phenoxy) is 1. The van der Waals surface area contributed by atoms with Crippen molar-refractivity contribution in [3.8, 4) is 28.6 Å². The zero-order valence-electron chi connectivity index (χ0n) is 17.1. The van der Waals surface area contributed by atoms with Gasteiger partial charge in [0, 0.05) is 24.0 Å². The third kappa shape index (κ3) is 4.60. The number of halogens is 6. The first-order valence-electron chi connectivity index (χ1n) is 9.47. The van der Waals surface area contributed by atoms with Crippen LogP contribution < -0.4 is 16.2 Å². The Morgan fingerprint density at radius 3 is 2.40 bits per heavy atom. The summed E-state index contributed by atoms with van der Waals surface area (Å²) >= 11 is 1.85. The number of benzene rings is 1. The highest BCUT2D eigenvalue weighted by atomic mass is 127. The number of carbonyl (C=O) groups is 1. The lowest BCUT2D eigenvalue weighted by Crippen LogP contribution is -2.21. The van der Waals surface area contributed by atoms with Gasteiger partial charge < -0.3 is 16.2 Å². The third-order valence-electron chi connectivity index (χ3n) is 4.65. The van der Waals surface area contributed by atoms with Crippen LogP contribution in [0.3, 0.4) is 0 Å². The number of pyridine rings is 2. The lowest BCUT2D eigenvalue weighted by atomic mass is 10.0. The summed E-state index contributed by atoms with van der Waals surface area (Å²) < 4.78 is 77.0. The van der Waals surface area contributed by atoms with Crippen molar-refractivity contribution in [3.05, 3.63) is 75.3 Å². The van der Waals surface area contributed by atoms with E-state index in [1.807, 2.05) is 22.6 Å². The van der Waals surface area contributed by atoms with E-state index in [2.05, 4.69) is 15.1 Å². The quantitative estimate of drug-likeness (QED) is 0.252. The molecule has 0 fully saturated rings. The van der Waals surface area contributed by atoms with Gasteiger partial charge in [0.2, 0.25) is 0 Å². The molecule has 180 valence electrons. The minimum Gasteiger partial charge on any atom is -0.453 e. The standard InChI is InChI=1S/C21H12F5IN6O2/c22-10-2-1-6-31-20(10)33-17(21(24,25)26)14(19(29)34)16(32-33)9-3-4-12(11(23)8-9)35-13-5-7-30-18(28)15(13)27/h1-8H,(H2,28,30)(H2,29,34). The summed E-state index contributed by atoms with van der Waals surface area (Å²) in [6, 6.07) is 6.57. The molecule has 0 unspecified atom stereocenters.